The van der Waals surface area contributed by atoms with Crippen molar-refractivity contribution >= 4 is 11.4 Å². The molecule has 1 aromatic carbocycles. The SMILES string of the molecule is CCCC(C)(C)Nc1cccc(F)c1N. The zero-order chi connectivity index (χ0) is 11.5. The van der Waals surface area contributed by atoms with Crippen LogP contribution in [0.3, 0.4) is 0 Å². The van der Waals surface area contributed by atoms with Crippen molar-refractivity contribution in [2.75, 3.05) is 11.1 Å². The summed E-state index contributed by atoms with van der Waals surface area (Å²) in [7, 11) is 0. The smallest absolute Gasteiger partial charge is 0.148 e. The third-order valence-electron chi connectivity index (χ3n) is 2.40. The number of hydrogen-bond donors (Lipinski definition) is 2. The lowest BCUT2D eigenvalue weighted by atomic mass is 9.98. The second-order valence-electron chi connectivity index (χ2n) is 4.46. The van der Waals surface area contributed by atoms with Crippen molar-refractivity contribution in [3.8, 4) is 0 Å². The highest BCUT2D eigenvalue weighted by Crippen LogP contribution is 2.26. The normalized spacial score (nSPS) is 11.5. The van der Waals surface area contributed by atoms with E-state index in [1.165, 1.54) is 6.07 Å². The third kappa shape index (κ3) is 3.11. The van der Waals surface area contributed by atoms with Crippen LogP contribution in [0.15, 0.2) is 18.2 Å². The Morgan fingerprint density at radius 3 is 2.67 bits per heavy atom. The first-order valence-electron chi connectivity index (χ1n) is 5.28. The number of benzene rings is 1. The minimum atomic E-state index is -0.368. The van der Waals surface area contributed by atoms with Crippen LogP contribution in [0.2, 0.25) is 0 Å². The summed E-state index contributed by atoms with van der Waals surface area (Å²) in [4.78, 5) is 0. The number of anilines is 2. The van der Waals surface area contributed by atoms with Crippen LogP contribution in [0.1, 0.15) is 33.6 Å². The number of nitrogens with one attached hydrogen (secondary N) is 1. The zero-order valence-electron chi connectivity index (χ0n) is 9.60. The predicted octanol–water partition coefficient (Wildman–Crippen LogP) is 3.40. The molecule has 0 aliphatic heterocycles. The maximum atomic E-state index is 13.2. The quantitative estimate of drug-likeness (QED) is 0.747. The van der Waals surface area contributed by atoms with Gasteiger partial charge in [-0.2, -0.15) is 0 Å². The van der Waals surface area contributed by atoms with Crippen LogP contribution in [0, 0.1) is 5.82 Å². The van der Waals surface area contributed by atoms with Gasteiger partial charge in [0.1, 0.15) is 5.82 Å². The van der Waals surface area contributed by atoms with Gasteiger partial charge in [0, 0.05) is 5.54 Å². The number of para-hydroxylation sites is 1. The van der Waals surface area contributed by atoms with Crippen molar-refractivity contribution in [3.63, 3.8) is 0 Å². The summed E-state index contributed by atoms with van der Waals surface area (Å²) in [5.74, 6) is -0.368. The summed E-state index contributed by atoms with van der Waals surface area (Å²) < 4.78 is 13.2. The largest absolute Gasteiger partial charge is 0.395 e. The van der Waals surface area contributed by atoms with E-state index in [1.54, 1.807) is 12.1 Å². The van der Waals surface area contributed by atoms with E-state index in [2.05, 4.69) is 26.1 Å². The van der Waals surface area contributed by atoms with Crippen LogP contribution in [0.25, 0.3) is 0 Å². The van der Waals surface area contributed by atoms with E-state index in [0.29, 0.717) is 5.69 Å². The van der Waals surface area contributed by atoms with Crippen LogP contribution in [0.4, 0.5) is 15.8 Å². The molecule has 0 radical (unpaired) electrons. The van der Waals surface area contributed by atoms with Gasteiger partial charge in [-0.1, -0.05) is 19.4 Å². The molecule has 3 N–H and O–H groups in total. The highest BCUT2D eigenvalue weighted by atomic mass is 19.1. The first-order chi connectivity index (χ1) is 6.96. The van der Waals surface area contributed by atoms with Crippen LogP contribution in [0.5, 0.6) is 0 Å². The van der Waals surface area contributed by atoms with Gasteiger partial charge in [0.25, 0.3) is 0 Å². The topological polar surface area (TPSA) is 38.0 Å². The van der Waals surface area contributed by atoms with Crippen molar-refractivity contribution in [1.82, 2.24) is 0 Å². The average molecular weight is 210 g/mol. The Hall–Kier alpha value is -1.25. The molecular weight excluding hydrogens is 191 g/mol. The monoisotopic (exact) mass is 210 g/mol. The molecule has 0 spiro atoms. The second-order valence-corrected chi connectivity index (χ2v) is 4.46. The fraction of sp³-hybridized carbons (Fsp3) is 0.500. The molecule has 1 rings (SSSR count). The Balaban J connectivity index is 2.85. The van der Waals surface area contributed by atoms with Gasteiger partial charge in [0.05, 0.1) is 11.4 Å². The number of halogens is 1. The molecule has 0 bridgehead atoms. The molecule has 0 atom stereocenters. The van der Waals surface area contributed by atoms with Crippen LogP contribution in [-0.4, -0.2) is 5.54 Å². The lowest BCUT2D eigenvalue weighted by molar-refractivity contribution is 0.511. The summed E-state index contributed by atoms with van der Waals surface area (Å²) in [6.07, 6.45) is 2.10. The van der Waals surface area contributed by atoms with E-state index < -0.39 is 0 Å². The first kappa shape index (κ1) is 11.8. The summed E-state index contributed by atoms with van der Waals surface area (Å²) >= 11 is 0. The van der Waals surface area contributed by atoms with Crippen LogP contribution < -0.4 is 11.1 Å². The number of rotatable bonds is 4. The second kappa shape index (κ2) is 4.51. The Bertz CT molecular complexity index is 334. The van der Waals surface area contributed by atoms with Crippen LogP contribution >= 0.6 is 0 Å². The molecule has 0 heterocycles. The molecular formula is C12H19FN2. The van der Waals surface area contributed by atoms with E-state index in [0.717, 1.165) is 12.8 Å². The molecule has 15 heavy (non-hydrogen) atoms. The van der Waals surface area contributed by atoms with E-state index in [4.69, 9.17) is 5.73 Å². The molecule has 3 heteroatoms. The summed E-state index contributed by atoms with van der Waals surface area (Å²) in [6.45, 7) is 6.29. The van der Waals surface area contributed by atoms with Crippen molar-refractivity contribution in [3.05, 3.63) is 24.0 Å². The Kier molecular flexibility index (Phi) is 3.56. The van der Waals surface area contributed by atoms with Gasteiger partial charge in [0.15, 0.2) is 0 Å². The molecule has 0 aromatic heterocycles. The fourth-order valence-electron chi connectivity index (χ4n) is 1.70. The van der Waals surface area contributed by atoms with E-state index >= 15 is 0 Å². The van der Waals surface area contributed by atoms with Crippen molar-refractivity contribution < 1.29 is 4.39 Å². The Morgan fingerprint density at radius 2 is 2.07 bits per heavy atom. The summed E-state index contributed by atoms with van der Waals surface area (Å²) in [5.41, 5.74) is 6.46. The lowest BCUT2D eigenvalue weighted by Crippen LogP contribution is -2.30. The highest BCUT2D eigenvalue weighted by molar-refractivity contribution is 5.67. The van der Waals surface area contributed by atoms with Gasteiger partial charge in [-0.3, -0.25) is 0 Å². The minimum absolute atomic E-state index is 0.0589. The van der Waals surface area contributed by atoms with Gasteiger partial charge in [-0.15, -0.1) is 0 Å². The molecule has 0 saturated heterocycles. The Labute approximate surface area is 90.7 Å². The maximum Gasteiger partial charge on any atom is 0.148 e. The molecule has 0 aliphatic carbocycles. The molecule has 0 fully saturated rings. The van der Waals surface area contributed by atoms with Crippen molar-refractivity contribution in [2.24, 2.45) is 0 Å². The van der Waals surface area contributed by atoms with Gasteiger partial charge >= 0.3 is 0 Å². The molecule has 2 nitrogen and oxygen atoms in total. The number of nitrogens with two attached hydrogens (primary N) is 1. The third-order valence-corrected chi connectivity index (χ3v) is 2.40. The highest BCUT2D eigenvalue weighted by Gasteiger charge is 2.17. The van der Waals surface area contributed by atoms with Crippen molar-refractivity contribution in [1.29, 1.82) is 0 Å². The van der Waals surface area contributed by atoms with Crippen molar-refractivity contribution in [2.45, 2.75) is 39.2 Å². The maximum absolute atomic E-state index is 13.2. The van der Waals surface area contributed by atoms with Gasteiger partial charge in [-0.25, -0.2) is 4.39 Å². The van der Waals surface area contributed by atoms with Gasteiger partial charge < -0.3 is 11.1 Å². The van der Waals surface area contributed by atoms with E-state index in [9.17, 15) is 4.39 Å². The number of nitrogen functional groups attached to an aromatic ring is 1. The predicted molar refractivity (Wildman–Crippen MR) is 63.4 cm³/mol. The Morgan fingerprint density at radius 1 is 1.40 bits per heavy atom. The molecule has 0 unspecified atom stereocenters. The summed E-state index contributed by atoms with van der Waals surface area (Å²) in [6, 6.07) is 4.83. The molecule has 0 amide bonds. The fourth-order valence-corrected chi connectivity index (χ4v) is 1.70. The standard InChI is InChI=1S/C12H19FN2/c1-4-8-12(2,3)15-10-7-5-6-9(13)11(10)14/h5-7,15H,4,8,14H2,1-3H3. The zero-order valence-corrected chi connectivity index (χ0v) is 9.60. The van der Waals surface area contributed by atoms with E-state index in [-0.39, 0.29) is 17.0 Å². The van der Waals surface area contributed by atoms with Crippen LogP contribution in [-0.2, 0) is 0 Å². The van der Waals surface area contributed by atoms with E-state index in [1.807, 2.05) is 0 Å². The lowest BCUT2D eigenvalue weighted by Gasteiger charge is -2.27. The summed E-state index contributed by atoms with van der Waals surface area (Å²) in [5, 5.41) is 3.26. The number of hydrogen-bond acceptors (Lipinski definition) is 2. The molecule has 1 aromatic rings. The first-order valence-corrected chi connectivity index (χ1v) is 5.28. The van der Waals surface area contributed by atoms with Gasteiger partial charge in [-0.05, 0) is 32.4 Å². The minimum Gasteiger partial charge on any atom is -0.395 e. The molecule has 0 aliphatic rings. The molecule has 0 saturated carbocycles. The average Bonchev–Trinajstić information content (AvgIpc) is 2.12. The van der Waals surface area contributed by atoms with Gasteiger partial charge in [0.2, 0.25) is 0 Å². The molecule has 84 valence electrons.